The number of halogens is 3. The maximum atomic E-state index is 12.5. The van der Waals surface area contributed by atoms with E-state index >= 15 is 0 Å². The van der Waals surface area contributed by atoms with Gasteiger partial charge in [0.25, 0.3) is 0 Å². The number of thioether (sulfide) groups is 1. The van der Waals surface area contributed by atoms with E-state index < -0.39 is 11.9 Å². The lowest BCUT2D eigenvalue weighted by Gasteiger charge is -2.39. The van der Waals surface area contributed by atoms with E-state index in [1.54, 1.807) is 7.05 Å². The molecule has 1 N–H and O–H groups in total. The zero-order valence-corrected chi connectivity index (χ0v) is 14.3. The van der Waals surface area contributed by atoms with Crippen LogP contribution in [0.1, 0.15) is 24.5 Å². The van der Waals surface area contributed by atoms with Gasteiger partial charge in [0.15, 0.2) is 11.7 Å². The highest BCUT2D eigenvalue weighted by molar-refractivity contribution is 8.00. The van der Waals surface area contributed by atoms with Gasteiger partial charge in [0.1, 0.15) is 5.01 Å². The van der Waals surface area contributed by atoms with Gasteiger partial charge in [-0.1, -0.05) is 0 Å². The van der Waals surface area contributed by atoms with Crippen LogP contribution in [0.5, 0.6) is 0 Å². The van der Waals surface area contributed by atoms with Crippen molar-refractivity contribution in [3.05, 3.63) is 16.1 Å². The number of nitrogens with one attached hydrogen (secondary N) is 1. The summed E-state index contributed by atoms with van der Waals surface area (Å²) in [4.78, 5) is 9.97. The van der Waals surface area contributed by atoms with Crippen LogP contribution in [0.2, 0.25) is 0 Å². The predicted octanol–water partition coefficient (Wildman–Crippen LogP) is 3.06. The molecule has 0 radical (unpaired) electrons. The number of hydrogen-bond donors (Lipinski definition) is 1. The van der Waals surface area contributed by atoms with Crippen LogP contribution in [0, 0.1) is 0 Å². The van der Waals surface area contributed by atoms with Gasteiger partial charge in [-0.15, -0.1) is 11.3 Å². The topological polar surface area (TPSA) is 40.5 Å². The highest BCUT2D eigenvalue weighted by Crippen LogP contribution is 2.30. The van der Waals surface area contributed by atoms with Gasteiger partial charge in [-0.3, -0.25) is 4.99 Å². The molecular weight excluding hydrogens is 333 g/mol. The van der Waals surface area contributed by atoms with Crippen LogP contribution < -0.4 is 5.32 Å². The van der Waals surface area contributed by atoms with E-state index in [0.717, 1.165) is 35.6 Å². The average molecular weight is 352 g/mol. The van der Waals surface area contributed by atoms with Crippen LogP contribution in [-0.2, 0) is 12.7 Å². The minimum Gasteiger partial charge on any atom is -0.350 e. The van der Waals surface area contributed by atoms with Crippen LogP contribution in [-0.4, -0.2) is 46.5 Å². The van der Waals surface area contributed by atoms with E-state index in [0.29, 0.717) is 11.0 Å². The second-order valence-corrected chi connectivity index (χ2v) is 8.30. The number of thiazole rings is 1. The van der Waals surface area contributed by atoms with Crippen molar-refractivity contribution in [1.82, 2.24) is 15.2 Å². The van der Waals surface area contributed by atoms with E-state index in [9.17, 15) is 13.2 Å². The molecule has 9 heteroatoms. The van der Waals surface area contributed by atoms with Crippen molar-refractivity contribution in [3.8, 4) is 0 Å². The van der Waals surface area contributed by atoms with Crippen molar-refractivity contribution >= 4 is 29.1 Å². The van der Waals surface area contributed by atoms with Crippen molar-refractivity contribution in [3.63, 3.8) is 0 Å². The van der Waals surface area contributed by atoms with Crippen molar-refractivity contribution in [1.29, 1.82) is 0 Å². The fourth-order valence-electron chi connectivity index (χ4n) is 2.21. The van der Waals surface area contributed by atoms with Gasteiger partial charge in [0.05, 0.1) is 6.54 Å². The summed E-state index contributed by atoms with van der Waals surface area (Å²) in [7, 11) is 1.68. The van der Waals surface area contributed by atoms with Gasteiger partial charge in [0.2, 0.25) is 0 Å². The lowest BCUT2D eigenvalue weighted by Crippen LogP contribution is -2.50. The Morgan fingerprint density at radius 2 is 2.23 bits per heavy atom. The van der Waals surface area contributed by atoms with Crippen molar-refractivity contribution in [2.45, 2.75) is 31.3 Å². The van der Waals surface area contributed by atoms with Crippen LogP contribution in [0.3, 0.4) is 0 Å². The zero-order valence-electron chi connectivity index (χ0n) is 12.7. The summed E-state index contributed by atoms with van der Waals surface area (Å²) in [5, 5.41) is 4.55. The number of nitrogens with zero attached hydrogens (tertiary/aromatic N) is 3. The second kappa shape index (κ2) is 6.66. The van der Waals surface area contributed by atoms with Crippen LogP contribution in [0.25, 0.3) is 0 Å². The number of hydrogen-bond acceptors (Lipinski definition) is 4. The van der Waals surface area contributed by atoms with E-state index in [2.05, 4.69) is 34.0 Å². The molecule has 0 amide bonds. The SMILES string of the molecule is CN=C(NCc1nc(C(F)(F)F)cs1)N1CCSC(C)(C)C1. The predicted molar refractivity (Wildman–Crippen MR) is 85.4 cm³/mol. The smallest absolute Gasteiger partial charge is 0.350 e. The van der Waals surface area contributed by atoms with Gasteiger partial charge in [0, 0.05) is 36.0 Å². The minimum absolute atomic E-state index is 0.139. The Balaban J connectivity index is 1.96. The first-order valence-corrected chi connectivity index (χ1v) is 8.69. The molecule has 0 spiro atoms. The summed E-state index contributed by atoms with van der Waals surface area (Å²) in [5.41, 5.74) is -0.834. The van der Waals surface area contributed by atoms with Gasteiger partial charge in [-0.25, -0.2) is 4.98 Å². The lowest BCUT2D eigenvalue weighted by atomic mass is 10.2. The normalized spacial score (nSPS) is 19.4. The van der Waals surface area contributed by atoms with Gasteiger partial charge in [-0.05, 0) is 13.8 Å². The van der Waals surface area contributed by atoms with Crippen LogP contribution >= 0.6 is 23.1 Å². The molecule has 1 aliphatic heterocycles. The van der Waals surface area contributed by atoms with E-state index in [1.807, 2.05) is 11.8 Å². The Labute approximate surface area is 136 Å². The molecule has 0 aromatic carbocycles. The molecule has 0 saturated carbocycles. The molecule has 1 aliphatic rings. The largest absolute Gasteiger partial charge is 0.434 e. The third kappa shape index (κ3) is 4.52. The van der Waals surface area contributed by atoms with Crippen LogP contribution in [0.4, 0.5) is 13.2 Å². The number of guanidine groups is 1. The molecule has 1 saturated heterocycles. The molecule has 0 bridgehead atoms. The summed E-state index contributed by atoms with van der Waals surface area (Å²) in [5.74, 6) is 1.71. The summed E-state index contributed by atoms with van der Waals surface area (Å²) in [6, 6.07) is 0. The Hall–Kier alpha value is -0.960. The molecule has 4 nitrogen and oxygen atoms in total. The molecule has 124 valence electrons. The average Bonchev–Trinajstić information content (AvgIpc) is 2.87. The number of aliphatic imine (C=N–C) groups is 1. The number of aromatic nitrogens is 1. The minimum atomic E-state index is -4.38. The quantitative estimate of drug-likeness (QED) is 0.656. The van der Waals surface area contributed by atoms with Crippen molar-refractivity contribution in [2.75, 3.05) is 25.9 Å². The molecule has 1 fully saturated rings. The number of alkyl halides is 3. The Bertz CT molecular complexity index is 540. The molecule has 2 heterocycles. The second-order valence-electron chi connectivity index (χ2n) is 5.55. The fourth-order valence-corrected chi connectivity index (χ4v) is 4.06. The van der Waals surface area contributed by atoms with E-state index in [1.165, 1.54) is 0 Å². The van der Waals surface area contributed by atoms with Gasteiger partial charge in [-0.2, -0.15) is 24.9 Å². The molecular formula is C13H19F3N4S2. The first-order chi connectivity index (χ1) is 10.2. The summed E-state index contributed by atoms with van der Waals surface area (Å²) in [6.07, 6.45) is -4.38. The molecule has 1 aromatic heterocycles. The molecule has 0 unspecified atom stereocenters. The zero-order chi connectivity index (χ0) is 16.4. The standard InChI is InChI=1S/C13H19F3N4S2/c1-12(2)8-20(4-5-22-12)11(17-3)18-6-10-19-9(7-21-10)13(14,15)16/h7H,4-6,8H2,1-3H3,(H,17,18). The summed E-state index contributed by atoms with van der Waals surface area (Å²) in [6.45, 7) is 6.32. The first kappa shape index (κ1) is 17.4. The highest BCUT2D eigenvalue weighted by Gasteiger charge is 2.34. The number of rotatable bonds is 2. The van der Waals surface area contributed by atoms with Crippen molar-refractivity contribution in [2.24, 2.45) is 4.99 Å². The molecule has 22 heavy (non-hydrogen) atoms. The monoisotopic (exact) mass is 352 g/mol. The Morgan fingerprint density at radius 1 is 1.50 bits per heavy atom. The molecule has 0 aliphatic carbocycles. The molecule has 0 atom stereocenters. The summed E-state index contributed by atoms with van der Waals surface area (Å²) < 4.78 is 37.7. The van der Waals surface area contributed by atoms with Crippen molar-refractivity contribution < 1.29 is 13.2 Å². The molecule has 2 rings (SSSR count). The first-order valence-electron chi connectivity index (χ1n) is 6.82. The van der Waals surface area contributed by atoms with Crippen LogP contribution in [0.15, 0.2) is 10.4 Å². The maximum absolute atomic E-state index is 12.5. The third-order valence-electron chi connectivity index (χ3n) is 3.18. The van der Waals surface area contributed by atoms with Gasteiger partial charge < -0.3 is 10.2 Å². The van der Waals surface area contributed by atoms with E-state index in [-0.39, 0.29) is 11.3 Å². The lowest BCUT2D eigenvalue weighted by molar-refractivity contribution is -0.140. The fraction of sp³-hybridized carbons (Fsp3) is 0.692. The third-order valence-corrected chi connectivity index (χ3v) is 5.32. The Kier molecular flexibility index (Phi) is 5.26. The maximum Gasteiger partial charge on any atom is 0.434 e. The van der Waals surface area contributed by atoms with Gasteiger partial charge >= 0.3 is 6.18 Å². The summed E-state index contributed by atoms with van der Waals surface area (Å²) >= 11 is 2.92. The molecule has 1 aromatic rings. The van der Waals surface area contributed by atoms with E-state index in [4.69, 9.17) is 0 Å². The highest BCUT2D eigenvalue weighted by atomic mass is 32.2. The Morgan fingerprint density at radius 3 is 2.77 bits per heavy atom.